The van der Waals surface area contributed by atoms with Crippen molar-refractivity contribution in [1.29, 1.82) is 0 Å². The predicted octanol–water partition coefficient (Wildman–Crippen LogP) is 0.146. The van der Waals surface area contributed by atoms with Gasteiger partial charge in [-0.3, -0.25) is 0 Å². The molecule has 0 spiro atoms. The van der Waals surface area contributed by atoms with Crippen LogP contribution in [-0.2, 0) is 9.47 Å². The van der Waals surface area contributed by atoms with Gasteiger partial charge in [0.25, 0.3) is 0 Å². The highest BCUT2D eigenvalue weighted by molar-refractivity contribution is 4.37. The highest BCUT2D eigenvalue weighted by atomic mass is 16.6. The first-order chi connectivity index (χ1) is 3.00. The maximum atomic E-state index is 4.94. The summed E-state index contributed by atoms with van der Waals surface area (Å²) in [4.78, 5) is 0. The van der Waals surface area contributed by atoms with Gasteiger partial charge in [0.05, 0.1) is 26.4 Å². The van der Waals surface area contributed by atoms with Crippen molar-refractivity contribution < 1.29 is 10.9 Å². The molecule has 0 unspecified atom stereocenters. The zero-order chi connectivity index (χ0) is 4.24. The molecule has 0 radical (unpaired) electrons. The molecule has 2 nitrogen and oxygen atoms in total. The van der Waals surface area contributed by atoms with E-state index in [1.807, 2.05) is 0 Å². The van der Waals surface area contributed by atoms with Gasteiger partial charge in [0, 0.05) is 0 Å². The highest BCUT2D eigenvalue weighted by Crippen LogP contribution is 1.85. The van der Waals surface area contributed by atoms with Crippen LogP contribution >= 0.6 is 0 Å². The molecule has 0 N–H and O–H groups in total. The molecule has 0 aliphatic carbocycles. The van der Waals surface area contributed by atoms with E-state index in [0.29, 0.717) is 0 Å². The maximum Gasteiger partial charge on any atom is 1.00 e. The predicted molar refractivity (Wildman–Crippen MR) is 22.7 cm³/mol. The summed E-state index contributed by atoms with van der Waals surface area (Å²) in [7, 11) is 0. The normalized spacial score (nSPS) is 24.0. The van der Waals surface area contributed by atoms with Crippen LogP contribution < -0.4 is 0 Å². The summed E-state index contributed by atoms with van der Waals surface area (Å²) >= 11 is 0. The average molecular weight is 89.1 g/mol. The second kappa shape index (κ2) is 2.16. The molecule has 1 rings (SSSR count). The smallest absolute Gasteiger partial charge is 0.377 e. The van der Waals surface area contributed by atoms with Crippen LogP contribution in [0.1, 0.15) is 1.43 Å². The summed E-state index contributed by atoms with van der Waals surface area (Å²) in [5, 5.41) is 0. The minimum Gasteiger partial charge on any atom is -0.377 e. The van der Waals surface area contributed by atoms with Gasteiger partial charge in [-0.1, -0.05) is 0 Å². The lowest BCUT2D eigenvalue weighted by Gasteiger charge is -2.09. The fraction of sp³-hybridized carbons (Fsp3) is 1.00. The zero-order valence-electron chi connectivity index (χ0n) is 4.64. The molecule has 2 heteroatoms. The third-order valence-corrected chi connectivity index (χ3v) is 0.744. The van der Waals surface area contributed by atoms with Crippen LogP contribution in [0, 0.1) is 0 Å². The van der Waals surface area contributed by atoms with Gasteiger partial charge >= 0.3 is 1.43 Å². The molecule has 0 aromatic heterocycles. The molecule has 1 fully saturated rings. The molecule has 0 bridgehead atoms. The van der Waals surface area contributed by atoms with Crippen LogP contribution in [0.25, 0.3) is 0 Å². The fourth-order valence-electron chi connectivity index (χ4n) is 0.440. The third-order valence-electron chi connectivity index (χ3n) is 0.744. The SMILES string of the molecule is C1COCCO1.[H+]. The first-order valence-corrected chi connectivity index (χ1v) is 2.15. The molecule has 36 valence electrons. The van der Waals surface area contributed by atoms with Crippen LogP contribution in [0.5, 0.6) is 0 Å². The van der Waals surface area contributed by atoms with E-state index in [0.717, 1.165) is 26.4 Å². The summed E-state index contributed by atoms with van der Waals surface area (Å²) < 4.78 is 9.89. The molecule has 0 aromatic carbocycles. The van der Waals surface area contributed by atoms with E-state index in [1.165, 1.54) is 0 Å². The molecule has 1 saturated heterocycles. The summed E-state index contributed by atoms with van der Waals surface area (Å²) in [5.74, 6) is 0. The van der Waals surface area contributed by atoms with Crippen LogP contribution in [0.2, 0.25) is 0 Å². The summed E-state index contributed by atoms with van der Waals surface area (Å²) in [6.07, 6.45) is 0. The first kappa shape index (κ1) is 4.09. The molecule has 1 aliphatic heterocycles. The highest BCUT2D eigenvalue weighted by Gasteiger charge is 1.94. The van der Waals surface area contributed by atoms with Crippen LogP contribution in [0.15, 0.2) is 0 Å². The molecule has 1 heterocycles. The van der Waals surface area contributed by atoms with E-state index in [4.69, 9.17) is 9.47 Å². The summed E-state index contributed by atoms with van der Waals surface area (Å²) in [5.41, 5.74) is 0. The van der Waals surface area contributed by atoms with Crippen molar-refractivity contribution in [2.75, 3.05) is 26.4 Å². The van der Waals surface area contributed by atoms with E-state index >= 15 is 0 Å². The Bertz CT molecular complexity index is 25.2. The van der Waals surface area contributed by atoms with Crippen LogP contribution in [0.4, 0.5) is 0 Å². The van der Waals surface area contributed by atoms with Crippen molar-refractivity contribution in [3.63, 3.8) is 0 Å². The van der Waals surface area contributed by atoms with Crippen molar-refractivity contribution in [2.24, 2.45) is 0 Å². The lowest BCUT2D eigenvalue weighted by molar-refractivity contribution is -0.0334. The Morgan fingerprint density at radius 1 is 0.833 bits per heavy atom. The van der Waals surface area contributed by atoms with Gasteiger partial charge in [-0.2, -0.15) is 0 Å². The molecular weight excluding hydrogens is 80.0 g/mol. The molecule has 0 aromatic rings. The van der Waals surface area contributed by atoms with E-state index < -0.39 is 0 Å². The monoisotopic (exact) mass is 89.1 g/mol. The van der Waals surface area contributed by atoms with E-state index in [9.17, 15) is 0 Å². The van der Waals surface area contributed by atoms with Crippen LogP contribution in [-0.4, -0.2) is 26.4 Å². The van der Waals surface area contributed by atoms with Crippen molar-refractivity contribution >= 4 is 0 Å². The minimum atomic E-state index is 0. The Kier molecular flexibility index (Phi) is 1.47. The lowest BCUT2D eigenvalue weighted by Crippen LogP contribution is -2.16. The van der Waals surface area contributed by atoms with Crippen molar-refractivity contribution in [3.8, 4) is 0 Å². The van der Waals surface area contributed by atoms with Gasteiger partial charge in [0.1, 0.15) is 0 Å². The standard InChI is InChI=1S/C4H8O2/c1-2-6-4-3-5-1/h1-4H2/p+1. The molecular formula is C4H9O2+. The number of hydrogen-bond donors (Lipinski definition) is 0. The molecule has 6 heavy (non-hydrogen) atoms. The third kappa shape index (κ3) is 0.954. The first-order valence-electron chi connectivity index (χ1n) is 2.15. The van der Waals surface area contributed by atoms with Crippen molar-refractivity contribution in [2.45, 2.75) is 0 Å². The van der Waals surface area contributed by atoms with Crippen molar-refractivity contribution in [3.05, 3.63) is 0 Å². The Hall–Kier alpha value is -0.0800. The fourth-order valence-corrected chi connectivity index (χ4v) is 0.440. The Morgan fingerprint density at radius 3 is 1.33 bits per heavy atom. The maximum absolute atomic E-state index is 4.94. The van der Waals surface area contributed by atoms with Gasteiger partial charge < -0.3 is 9.47 Å². The largest absolute Gasteiger partial charge is 1.00 e. The number of hydrogen-bond acceptors (Lipinski definition) is 2. The topological polar surface area (TPSA) is 18.5 Å². The Labute approximate surface area is 38.5 Å². The summed E-state index contributed by atoms with van der Waals surface area (Å²) in [6, 6.07) is 0. The average Bonchev–Trinajstić information content (AvgIpc) is 1.72. The second-order valence-electron chi connectivity index (χ2n) is 1.22. The van der Waals surface area contributed by atoms with Gasteiger partial charge in [0.2, 0.25) is 0 Å². The summed E-state index contributed by atoms with van der Waals surface area (Å²) in [6.45, 7) is 3.11. The van der Waals surface area contributed by atoms with Crippen molar-refractivity contribution in [1.82, 2.24) is 0 Å². The quantitative estimate of drug-likeness (QED) is 0.420. The van der Waals surface area contributed by atoms with Gasteiger partial charge in [-0.25, -0.2) is 0 Å². The molecule has 0 saturated carbocycles. The number of rotatable bonds is 0. The van der Waals surface area contributed by atoms with E-state index in [2.05, 4.69) is 0 Å². The van der Waals surface area contributed by atoms with Gasteiger partial charge in [-0.15, -0.1) is 0 Å². The lowest BCUT2D eigenvalue weighted by atomic mass is 10.6. The van der Waals surface area contributed by atoms with E-state index in [-0.39, 0.29) is 1.43 Å². The molecule has 0 amide bonds. The van der Waals surface area contributed by atoms with E-state index in [1.54, 1.807) is 0 Å². The number of ether oxygens (including phenoxy) is 2. The Morgan fingerprint density at radius 2 is 1.17 bits per heavy atom. The molecule has 0 atom stereocenters. The van der Waals surface area contributed by atoms with Gasteiger partial charge in [0.15, 0.2) is 0 Å². The van der Waals surface area contributed by atoms with Gasteiger partial charge in [-0.05, 0) is 0 Å². The molecule has 1 aliphatic rings. The Balaban J connectivity index is 0.000000360. The van der Waals surface area contributed by atoms with Crippen LogP contribution in [0.3, 0.4) is 0 Å². The zero-order valence-corrected chi connectivity index (χ0v) is 3.64. The minimum absolute atomic E-state index is 0. The second-order valence-corrected chi connectivity index (χ2v) is 1.22.